The topological polar surface area (TPSA) is 245 Å². The summed E-state index contributed by atoms with van der Waals surface area (Å²) in [5, 5.41) is 43.1. The summed E-state index contributed by atoms with van der Waals surface area (Å²) in [6.07, 6.45) is -1.36. The lowest BCUT2D eigenvalue weighted by atomic mass is 10.1. The lowest BCUT2D eigenvalue weighted by molar-refractivity contribution is -0.144. The molecule has 0 aliphatic rings. The van der Waals surface area contributed by atoms with Crippen LogP contribution >= 0.6 is 11.8 Å². The zero-order chi connectivity index (χ0) is 25.7. The predicted molar refractivity (Wildman–Crippen MR) is 115 cm³/mol. The van der Waals surface area contributed by atoms with Gasteiger partial charge in [0.25, 0.3) is 0 Å². The lowest BCUT2D eigenvalue weighted by Gasteiger charge is -2.25. The summed E-state index contributed by atoms with van der Waals surface area (Å²) in [5.74, 6) is -6.86. The fourth-order valence-corrected chi connectivity index (χ4v) is 2.97. The summed E-state index contributed by atoms with van der Waals surface area (Å²) in [4.78, 5) is 70.3. The smallest absolute Gasteiger partial charge is 0.326 e. The van der Waals surface area contributed by atoms with Crippen molar-refractivity contribution in [1.82, 2.24) is 16.0 Å². The average molecular weight is 495 g/mol. The fraction of sp³-hybridized carbons (Fsp3) is 0.667. The summed E-state index contributed by atoms with van der Waals surface area (Å²) in [6.45, 7) is 1.18. The molecule has 0 fully saturated rings. The second-order valence-electron chi connectivity index (χ2n) is 7.11. The minimum Gasteiger partial charge on any atom is -0.481 e. The minimum absolute atomic E-state index is 0.290. The number of carboxylic acids is 3. The highest BCUT2D eigenvalue weighted by molar-refractivity contribution is 7.98. The third-order valence-corrected chi connectivity index (χ3v) is 4.95. The summed E-state index contributed by atoms with van der Waals surface area (Å²) in [6, 6.07) is -5.98. The first-order chi connectivity index (χ1) is 15.3. The quantitative estimate of drug-likeness (QED) is 0.109. The standard InChI is InChI=1S/C18H30N4O10S/c1-8(23)14(22-15(28)9(19)5-6-33-2)17(30)21-11(7-13(26)27)16(29)20-10(18(31)32)3-4-12(24)25/h8-11,14,23H,3-7,19H2,1-2H3,(H,20,29)(H,21,30)(H,22,28)(H,24,25)(H,26,27)(H,31,32). The average Bonchev–Trinajstić information content (AvgIpc) is 2.70. The van der Waals surface area contributed by atoms with Gasteiger partial charge in [-0.1, -0.05) is 0 Å². The zero-order valence-electron chi connectivity index (χ0n) is 18.1. The van der Waals surface area contributed by atoms with E-state index in [2.05, 4.69) is 10.6 Å². The Labute approximate surface area is 193 Å². The number of nitrogens with one attached hydrogen (secondary N) is 3. The van der Waals surface area contributed by atoms with Gasteiger partial charge in [-0.25, -0.2) is 4.79 Å². The Bertz CT molecular complexity index is 733. The molecule has 3 amide bonds. The number of nitrogens with two attached hydrogens (primary N) is 1. The van der Waals surface area contributed by atoms with Gasteiger partial charge in [-0.15, -0.1) is 0 Å². The molecule has 0 aromatic carbocycles. The van der Waals surface area contributed by atoms with Crippen LogP contribution in [0.3, 0.4) is 0 Å². The monoisotopic (exact) mass is 494 g/mol. The molecule has 0 rings (SSSR count). The van der Waals surface area contributed by atoms with Gasteiger partial charge in [-0.2, -0.15) is 11.8 Å². The van der Waals surface area contributed by atoms with Crippen molar-refractivity contribution in [3.63, 3.8) is 0 Å². The van der Waals surface area contributed by atoms with Crippen LogP contribution in [0.1, 0.15) is 32.6 Å². The van der Waals surface area contributed by atoms with E-state index in [4.69, 9.17) is 21.1 Å². The normalized spacial score (nSPS) is 15.3. The van der Waals surface area contributed by atoms with Crippen LogP contribution in [0.4, 0.5) is 0 Å². The maximum atomic E-state index is 12.6. The number of amides is 3. The van der Waals surface area contributed by atoms with Crippen LogP contribution in [0, 0.1) is 0 Å². The van der Waals surface area contributed by atoms with E-state index in [0.717, 1.165) is 0 Å². The molecule has 0 radical (unpaired) electrons. The van der Waals surface area contributed by atoms with Crippen LogP contribution in [-0.4, -0.2) is 98.3 Å². The summed E-state index contributed by atoms with van der Waals surface area (Å²) in [5.41, 5.74) is 5.72. The second-order valence-corrected chi connectivity index (χ2v) is 8.09. The van der Waals surface area contributed by atoms with Crippen LogP contribution in [0.25, 0.3) is 0 Å². The van der Waals surface area contributed by atoms with Gasteiger partial charge in [0.1, 0.15) is 18.1 Å². The van der Waals surface area contributed by atoms with E-state index in [1.54, 1.807) is 6.26 Å². The molecule has 0 spiro atoms. The van der Waals surface area contributed by atoms with Gasteiger partial charge in [0.05, 0.1) is 18.6 Å². The van der Waals surface area contributed by atoms with E-state index in [-0.39, 0.29) is 6.42 Å². The molecule has 0 heterocycles. The van der Waals surface area contributed by atoms with Crippen LogP contribution in [0.5, 0.6) is 0 Å². The first-order valence-corrected chi connectivity index (χ1v) is 11.2. The van der Waals surface area contributed by atoms with Crippen molar-refractivity contribution in [2.24, 2.45) is 5.73 Å². The second kappa shape index (κ2) is 15.0. The van der Waals surface area contributed by atoms with Crippen LogP contribution in [0.15, 0.2) is 0 Å². The molecule has 0 aliphatic carbocycles. The number of hydrogen-bond donors (Lipinski definition) is 8. The fourth-order valence-electron chi connectivity index (χ4n) is 2.48. The van der Waals surface area contributed by atoms with E-state index in [0.29, 0.717) is 5.75 Å². The molecule has 33 heavy (non-hydrogen) atoms. The Morgan fingerprint density at radius 3 is 1.88 bits per heavy atom. The highest BCUT2D eigenvalue weighted by atomic mass is 32.2. The van der Waals surface area contributed by atoms with Gasteiger partial charge in [-0.05, 0) is 31.8 Å². The van der Waals surface area contributed by atoms with E-state index >= 15 is 0 Å². The SMILES string of the molecule is CSCCC(N)C(=O)NC(C(=O)NC(CC(=O)O)C(=O)NC(CCC(=O)O)C(=O)O)C(C)O. The molecular weight excluding hydrogens is 464 g/mol. The van der Waals surface area contributed by atoms with Gasteiger partial charge in [-0.3, -0.25) is 24.0 Å². The molecule has 188 valence electrons. The van der Waals surface area contributed by atoms with Crippen molar-refractivity contribution >= 4 is 47.4 Å². The van der Waals surface area contributed by atoms with Crippen molar-refractivity contribution < 1.29 is 49.2 Å². The van der Waals surface area contributed by atoms with Crippen molar-refractivity contribution in [3.8, 4) is 0 Å². The molecule has 0 aromatic rings. The number of carbonyl (C=O) groups excluding carboxylic acids is 3. The number of carboxylic acid groups (broad SMARTS) is 3. The Morgan fingerprint density at radius 1 is 0.848 bits per heavy atom. The van der Waals surface area contributed by atoms with Gasteiger partial charge in [0, 0.05) is 6.42 Å². The molecular formula is C18H30N4O10S. The number of aliphatic carboxylic acids is 3. The summed E-state index contributed by atoms with van der Waals surface area (Å²) >= 11 is 1.44. The number of thioether (sulfide) groups is 1. The first kappa shape index (κ1) is 30.1. The van der Waals surface area contributed by atoms with Gasteiger partial charge in [0.2, 0.25) is 17.7 Å². The molecule has 0 saturated heterocycles. The minimum atomic E-state index is -1.77. The Hall–Kier alpha value is -2.91. The van der Waals surface area contributed by atoms with Crippen LogP contribution in [0.2, 0.25) is 0 Å². The number of hydrogen-bond acceptors (Lipinski definition) is 9. The van der Waals surface area contributed by atoms with E-state index in [9.17, 15) is 33.9 Å². The van der Waals surface area contributed by atoms with Crippen molar-refractivity contribution in [2.75, 3.05) is 12.0 Å². The number of rotatable bonds is 16. The van der Waals surface area contributed by atoms with E-state index in [1.165, 1.54) is 18.7 Å². The Morgan fingerprint density at radius 2 is 1.42 bits per heavy atom. The van der Waals surface area contributed by atoms with E-state index in [1.807, 2.05) is 5.32 Å². The van der Waals surface area contributed by atoms with Gasteiger partial charge < -0.3 is 42.1 Å². The molecule has 5 atom stereocenters. The third-order valence-electron chi connectivity index (χ3n) is 4.31. The Balaban J connectivity index is 5.41. The molecule has 0 bridgehead atoms. The number of carbonyl (C=O) groups is 6. The van der Waals surface area contributed by atoms with Gasteiger partial charge >= 0.3 is 17.9 Å². The lowest BCUT2D eigenvalue weighted by Crippen LogP contribution is -2.60. The first-order valence-electron chi connectivity index (χ1n) is 9.80. The maximum absolute atomic E-state index is 12.6. The van der Waals surface area contributed by atoms with Crippen molar-refractivity contribution in [2.45, 2.75) is 62.9 Å². The molecule has 0 aliphatic heterocycles. The molecule has 9 N–H and O–H groups in total. The summed E-state index contributed by atoms with van der Waals surface area (Å²) < 4.78 is 0. The van der Waals surface area contributed by atoms with Crippen LogP contribution in [-0.2, 0) is 28.8 Å². The Kier molecular flexibility index (Phi) is 13.7. The van der Waals surface area contributed by atoms with Crippen LogP contribution < -0.4 is 21.7 Å². The summed E-state index contributed by atoms with van der Waals surface area (Å²) in [7, 11) is 0. The molecule has 5 unspecified atom stereocenters. The zero-order valence-corrected chi connectivity index (χ0v) is 19.0. The predicted octanol–water partition coefficient (Wildman–Crippen LogP) is -2.67. The molecule has 0 aromatic heterocycles. The van der Waals surface area contributed by atoms with Crippen molar-refractivity contribution in [1.29, 1.82) is 0 Å². The highest BCUT2D eigenvalue weighted by Gasteiger charge is 2.33. The number of aliphatic hydroxyl groups is 1. The van der Waals surface area contributed by atoms with E-state index < -0.39 is 85.2 Å². The molecule has 0 saturated carbocycles. The van der Waals surface area contributed by atoms with Gasteiger partial charge in [0.15, 0.2) is 0 Å². The highest BCUT2D eigenvalue weighted by Crippen LogP contribution is 2.04. The maximum Gasteiger partial charge on any atom is 0.326 e. The molecule has 14 nitrogen and oxygen atoms in total. The van der Waals surface area contributed by atoms with Crippen molar-refractivity contribution in [3.05, 3.63) is 0 Å². The largest absolute Gasteiger partial charge is 0.481 e. The number of aliphatic hydroxyl groups excluding tert-OH is 1. The third kappa shape index (κ3) is 12.1. The molecule has 15 heteroatoms.